The van der Waals surface area contributed by atoms with Gasteiger partial charge in [-0.15, -0.1) is 0 Å². The van der Waals surface area contributed by atoms with Crippen LogP contribution < -0.4 is 15.8 Å². The van der Waals surface area contributed by atoms with Gasteiger partial charge in [-0.2, -0.15) is 0 Å². The lowest BCUT2D eigenvalue weighted by Gasteiger charge is -2.23. The highest BCUT2D eigenvalue weighted by Crippen LogP contribution is 2.27. The topological polar surface area (TPSA) is 62.9 Å². The van der Waals surface area contributed by atoms with E-state index in [-0.39, 0.29) is 0 Å². The molecular weight excluding hydrogens is 348 g/mol. The zero-order chi connectivity index (χ0) is 18.4. The van der Waals surface area contributed by atoms with Crippen molar-refractivity contribution in [3.63, 3.8) is 0 Å². The van der Waals surface area contributed by atoms with Crippen molar-refractivity contribution in [1.82, 2.24) is 4.90 Å². The molecule has 5 nitrogen and oxygen atoms in total. The zero-order valence-electron chi connectivity index (χ0n) is 15.0. The van der Waals surface area contributed by atoms with E-state index >= 15 is 0 Å². The Morgan fingerprint density at radius 2 is 2.12 bits per heavy atom. The predicted octanol–water partition coefficient (Wildman–Crippen LogP) is 3.74. The van der Waals surface area contributed by atoms with Gasteiger partial charge in [-0.25, -0.2) is 0 Å². The molecule has 3 rings (SSSR count). The average Bonchev–Trinajstić information content (AvgIpc) is 3.08. The van der Waals surface area contributed by atoms with Gasteiger partial charge in [0.05, 0.1) is 18.7 Å². The fraction of sp³-hybridized carbons (Fsp3) is 0.350. The maximum Gasteiger partial charge on any atom is 0.193 e. The summed E-state index contributed by atoms with van der Waals surface area (Å²) in [4.78, 5) is 7.02. The van der Waals surface area contributed by atoms with Gasteiger partial charge in [-0.05, 0) is 43.1 Å². The molecule has 0 spiro atoms. The Hall–Kier alpha value is -2.24. The van der Waals surface area contributed by atoms with Crippen molar-refractivity contribution in [2.75, 3.05) is 25.5 Å². The molecule has 1 fully saturated rings. The standard InChI is InChI=1S/C20H25ClN4O/c1-26-19-10-9-16(12-18(19)21)24-20(22)23-13-17-8-5-11-25(17)14-15-6-3-2-4-7-15/h2-4,6-7,9-10,12,17H,5,8,11,13-14H2,1H3,(H3,22,23,24). The van der Waals surface area contributed by atoms with E-state index in [1.165, 1.54) is 12.0 Å². The molecule has 0 aromatic heterocycles. The lowest BCUT2D eigenvalue weighted by Crippen LogP contribution is -2.33. The molecule has 0 radical (unpaired) electrons. The number of hydrogen-bond donors (Lipinski definition) is 2. The summed E-state index contributed by atoms with van der Waals surface area (Å²) in [5, 5.41) is 3.63. The van der Waals surface area contributed by atoms with E-state index in [1.54, 1.807) is 19.2 Å². The smallest absolute Gasteiger partial charge is 0.193 e. The first-order valence-electron chi connectivity index (χ1n) is 8.84. The summed E-state index contributed by atoms with van der Waals surface area (Å²) in [5.74, 6) is 1.04. The van der Waals surface area contributed by atoms with Gasteiger partial charge >= 0.3 is 0 Å². The fourth-order valence-electron chi connectivity index (χ4n) is 3.26. The largest absolute Gasteiger partial charge is 0.495 e. The number of rotatable bonds is 6. The van der Waals surface area contributed by atoms with Gasteiger partial charge in [0.1, 0.15) is 5.75 Å². The van der Waals surface area contributed by atoms with Crippen molar-refractivity contribution in [2.45, 2.75) is 25.4 Å². The van der Waals surface area contributed by atoms with Crippen LogP contribution in [-0.4, -0.2) is 37.1 Å². The van der Waals surface area contributed by atoms with Crippen LogP contribution in [0.15, 0.2) is 53.5 Å². The van der Waals surface area contributed by atoms with Gasteiger partial charge in [-0.3, -0.25) is 9.89 Å². The number of hydrogen-bond acceptors (Lipinski definition) is 3. The van der Waals surface area contributed by atoms with E-state index in [1.807, 2.05) is 12.1 Å². The lowest BCUT2D eigenvalue weighted by molar-refractivity contribution is 0.250. The quantitative estimate of drug-likeness (QED) is 0.599. The molecule has 3 N–H and O–H groups in total. The summed E-state index contributed by atoms with van der Waals surface area (Å²) in [6.07, 6.45) is 2.35. The van der Waals surface area contributed by atoms with Crippen molar-refractivity contribution in [1.29, 1.82) is 0 Å². The number of nitrogens with zero attached hydrogens (tertiary/aromatic N) is 2. The number of guanidine groups is 1. The number of anilines is 1. The molecule has 0 saturated carbocycles. The Kier molecular flexibility index (Phi) is 6.36. The number of aliphatic imine (C=N–C) groups is 1. The first-order chi connectivity index (χ1) is 12.7. The third-order valence-corrected chi connectivity index (χ3v) is 4.92. The molecule has 1 unspecified atom stereocenters. The van der Waals surface area contributed by atoms with Crippen molar-refractivity contribution in [3.05, 3.63) is 59.1 Å². The van der Waals surface area contributed by atoms with Crippen LogP contribution in [0.25, 0.3) is 0 Å². The third-order valence-electron chi connectivity index (χ3n) is 4.62. The van der Waals surface area contributed by atoms with Crippen LogP contribution in [0.1, 0.15) is 18.4 Å². The predicted molar refractivity (Wildman–Crippen MR) is 108 cm³/mol. The van der Waals surface area contributed by atoms with Crippen LogP contribution >= 0.6 is 11.6 Å². The number of ether oxygens (including phenoxy) is 1. The molecule has 2 aromatic rings. The van der Waals surface area contributed by atoms with Gasteiger partial charge in [0.15, 0.2) is 5.96 Å². The number of nitrogens with one attached hydrogen (secondary N) is 1. The minimum atomic E-state index is 0.401. The highest BCUT2D eigenvalue weighted by atomic mass is 35.5. The van der Waals surface area contributed by atoms with E-state index in [0.29, 0.717) is 29.3 Å². The minimum Gasteiger partial charge on any atom is -0.495 e. The SMILES string of the molecule is COc1ccc(NC(N)=NCC2CCCN2Cc2ccccc2)cc1Cl. The first kappa shape index (κ1) is 18.5. The van der Waals surface area contributed by atoms with Crippen LogP contribution in [-0.2, 0) is 6.54 Å². The number of nitrogens with two attached hydrogens (primary N) is 1. The van der Waals surface area contributed by atoms with Gasteiger partial charge < -0.3 is 15.8 Å². The van der Waals surface area contributed by atoms with Crippen LogP contribution in [0.4, 0.5) is 5.69 Å². The number of benzene rings is 2. The van der Waals surface area contributed by atoms with E-state index in [2.05, 4.69) is 39.5 Å². The second kappa shape index (κ2) is 8.92. The first-order valence-corrected chi connectivity index (χ1v) is 9.22. The number of likely N-dealkylation sites (tertiary alicyclic amines) is 1. The maximum absolute atomic E-state index is 6.14. The van der Waals surface area contributed by atoms with Gasteiger partial charge in [0.25, 0.3) is 0 Å². The molecule has 0 bridgehead atoms. The maximum atomic E-state index is 6.14. The molecule has 1 aliphatic rings. The van der Waals surface area contributed by atoms with Crippen molar-refractivity contribution in [2.24, 2.45) is 10.7 Å². The Balaban J connectivity index is 1.56. The van der Waals surface area contributed by atoms with Crippen LogP contribution in [0, 0.1) is 0 Å². The molecule has 0 aliphatic carbocycles. The van der Waals surface area contributed by atoms with Gasteiger partial charge in [0.2, 0.25) is 0 Å². The molecule has 1 heterocycles. The summed E-state index contributed by atoms with van der Waals surface area (Å²) in [6.45, 7) is 2.76. The summed E-state index contributed by atoms with van der Waals surface area (Å²) in [7, 11) is 1.59. The summed E-state index contributed by atoms with van der Waals surface area (Å²) < 4.78 is 5.15. The molecule has 0 amide bonds. The Labute approximate surface area is 159 Å². The highest BCUT2D eigenvalue weighted by Gasteiger charge is 2.24. The summed E-state index contributed by atoms with van der Waals surface area (Å²) in [6, 6.07) is 16.4. The molecule has 26 heavy (non-hydrogen) atoms. The van der Waals surface area contributed by atoms with Gasteiger partial charge in [-0.1, -0.05) is 41.9 Å². The zero-order valence-corrected chi connectivity index (χ0v) is 15.7. The van der Waals surface area contributed by atoms with E-state index in [0.717, 1.165) is 25.2 Å². The Morgan fingerprint density at radius 3 is 2.85 bits per heavy atom. The number of methoxy groups -OCH3 is 1. The van der Waals surface area contributed by atoms with Crippen molar-refractivity contribution < 1.29 is 4.74 Å². The van der Waals surface area contributed by atoms with E-state index in [9.17, 15) is 0 Å². The molecule has 2 aromatic carbocycles. The van der Waals surface area contributed by atoms with Crippen LogP contribution in [0.5, 0.6) is 5.75 Å². The molecule has 1 atom stereocenters. The third kappa shape index (κ3) is 4.90. The monoisotopic (exact) mass is 372 g/mol. The van der Waals surface area contributed by atoms with Crippen LogP contribution in [0.3, 0.4) is 0 Å². The van der Waals surface area contributed by atoms with E-state index in [4.69, 9.17) is 22.1 Å². The molecular formula is C20H25ClN4O. The van der Waals surface area contributed by atoms with Gasteiger partial charge in [0, 0.05) is 18.3 Å². The van der Waals surface area contributed by atoms with E-state index < -0.39 is 0 Å². The molecule has 1 saturated heterocycles. The Morgan fingerprint density at radius 1 is 1.31 bits per heavy atom. The average molecular weight is 373 g/mol. The summed E-state index contributed by atoms with van der Waals surface area (Å²) in [5.41, 5.74) is 8.18. The molecule has 6 heteroatoms. The minimum absolute atomic E-state index is 0.401. The molecule has 1 aliphatic heterocycles. The second-order valence-electron chi connectivity index (χ2n) is 6.45. The van der Waals surface area contributed by atoms with Crippen molar-refractivity contribution in [3.8, 4) is 5.75 Å². The highest BCUT2D eigenvalue weighted by molar-refractivity contribution is 6.32. The molecule has 138 valence electrons. The second-order valence-corrected chi connectivity index (χ2v) is 6.86. The van der Waals surface area contributed by atoms with Crippen molar-refractivity contribution >= 4 is 23.2 Å². The number of halogens is 1. The fourth-order valence-corrected chi connectivity index (χ4v) is 3.52. The Bertz CT molecular complexity index is 751. The lowest BCUT2D eigenvalue weighted by atomic mass is 10.2. The normalized spacial score (nSPS) is 18.1. The summed E-state index contributed by atoms with van der Waals surface area (Å²) >= 11 is 6.14. The van der Waals surface area contributed by atoms with Crippen LogP contribution in [0.2, 0.25) is 5.02 Å².